The minimum Gasteiger partial charge on any atom is -0.483 e. The highest BCUT2D eigenvalue weighted by atomic mass is 32.2. The van der Waals surface area contributed by atoms with Gasteiger partial charge in [-0.15, -0.1) is 0 Å². The topological polar surface area (TPSA) is 89.4 Å². The van der Waals surface area contributed by atoms with Crippen LogP contribution in [0.4, 0.5) is 5.69 Å². The molecule has 0 aliphatic rings. The van der Waals surface area contributed by atoms with Crippen molar-refractivity contribution in [1.29, 1.82) is 0 Å². The van der Waals surface area contributed by atoms with E-state index >= 15 is 0 Å². The van der Waals surface area contributed by atoms with Crippen molar-refractivity contribution in [1.82, 2.24) is 9.29 Å². The molecule has 4 aromatic carbocycles. The monoisotopic (exact) mass is 527 g/mol. The van der Waals surface area contributed by atoms with E-state index in [1.807, 2.05) is 60.7 Å². The van der Waals surface area contributed by atoms with Crippen molar-refractivity contribution in [3.63, 3.8) is 0 Å². The summed E-state index contributed by atoms with van der Waals surface area (Å²) in [6.07, 6.45) is 0. The number of fused-ring (bicyclic) bond motifs is 3. The van der Waals surface area contributed by atoms with Gasteiger partial charge in [0.15, 0.2) is 6.61 Å². The maximum Gasteiger partial charge on any atom is 0.262 e. The molecule has 2 N–H and O–H groups in total. The van der Waals surface area contributed by atoms with Crippen LogP contribution in [0.3, 0.4) is 0 Å². The van der Waals surface area contributed by atoms with Gasteiger partial charge in [0.1, 0.15) is 5.75 Å². The number of benzene rings is 4. The number of nitrogens with one attached hydrogen (secondary N) is 2. The van der Waals surface area contributed by atoms with Crippen LogP contribution in [0, 0.1) is 6.92 Å². The number of aryl methyl sites for hydroxylation is 2. The summed E-state index contributed by atoms with van der Waals surface area (Å²) in [6, 6.07) is 28.0. The maximum absolute atomic E-state index is 12.7. The van der Waals surface area contributed by atoms with E-state index < -0.39 is 10.0 Å². The van der Waals surface area contributed by atoms with E-state index in [4.69, 9.17) is 4.74 Å². The molecule has 1 amide bonds. The Morgan fingerprint density at radius 1 is 0.868 bits per heavy atom. The number of rotatable bonds is 9. The van der Waals surface area contributed by atoms with Gasteiger partial charge in [0.05, 0.1) is 4.90 Å². The first-order valence-electron chi connectivity index (χ1n) is 12.4. The fraction of sp³-hybridized carbons (Fsp3) is 0.167. The second-order valence-electron chi connectivity index (χ2n) is 9.07. The molecule has 5 aromatic rings. The minimum atomic E-state index is -3.69. The van der Waals surface area contributed by atoms with Crippen LogP contribution in [0.1, 0.15) is 18.1 Å². The number of para-hydroxylation sites is 1. The van der Waals surface area contributed by atoms with Crippen LogP contribution in [-0.4, -0.2) is 25.5 Å². The molecule has 0 spiro atoms. The van der Waals surface area contributed by atoms with Gasteiger partial charge in [-0.05, 0) is 67.4 Å². The maximum atomic E-state index is 12.7. The Bertz CT molecular complexity index is 1730. The average Bonchev–Trinajstić information content (AvgIpc) is 3.25. The number of hydrogen-bond donors (Lipinski definition) is 2. The molecule has 0 saturated heterocycles. The minimum absolute atomic E-state index is 0.141. The molecule has 5 rings (SSSR count). The Labute approximate surface area is 222 Å². The Kier molecular flexibility index (Phi) is 7.18. The SMILES string of the molecule is CCn1c2ccccc2c2cc(NC(=O)COc3ccc(S(=O)(=O)NCc4ccccc4)cc3C)ccc21. The Balaban J connectivity index is 1.24. The van der Waals surface area contributed by atoms with Crippen molar-refractivity contribution < 1.29 is 17.9 Å². The van der Waals surface area contributed by atoms with E-state index in [-0.39, 0.29) is 24.0 Å². The molecule has 0 unspecified atom stereocenters. The van der Waals surface area contributed by atoms with Crippen LogP contribution < -0.4 is 14.8 Å². The molecule has 0 radical (unpaired) electrons. The lowest BCUT2D eigenvalue weighted by Gasteiger charge is -2.12. The number of sulfonamides is 1. The van der Waals surface area contributed by atoms with E-state index in [1.54, 1.807) is 13.0 Å². The first-order valence-corrected chi connectivity index (χ1v) is 13.9. The molecule has 194 valence electrons. The van der Waals surface area contributed by atoms with Crippen molar-refractivity contribution in [2.45, 2.75) is 31.8 Å². The predicted molar refractivity (Wildman–Crippen MR) is 151 cm³/mol. The summed E-state index contributed by atoms with van der Waals surface area (Å²) in [5.74, 6) is 0.146. The fourth-order valence-electron chi connectivity index (χ4n) is 4.62. The van der Waals surface area contributed by atoms with E-state index in [2.05, 4.69) is 33.7 Å². The van der Waals surface area contributed by atoms with E-state index in [0.29, 0.717) is 17.0 Å². The highest BCUT2D eigenvalue weighted by molar-refractivity contribution is 7.89. The molecular weight excluding hydrogens is 498 g/mol. The van der Waals surface area contributed by atoms with Gasteiger partial charge in [-0.2, -0.15) is 0 Å². The van der Waals surface area contributed by atoms with Gasteiger partial charge in [-0.3, -0.25) is 4.79 Å². The Hall–Kier alpha value is -4.14. The smallest absolute Gasteiger partial charge is 0.262 e. The summed E-state index contributed by atoms with van der Waals surface area (Å²) >= 11 is 0. The van der Waals surface area contributed by atoms with E-state index in [9.17, 15) is 13.2 Å². The summed E-state index contributed by atoms with van der Waals surface area (Å²) in [4.78, 5) is 12.8. The molecule has 38 heavy (non-hydrogen) atoms. The summed E-state index contributed by atoms with van der Waals surface area (Å²) < 4.78 is 36.0. The quantitative estimate of drug-likeness (QED) is 0.260. The summed E-state index contributed by atoms with van der Waals surface area (Å²) in [7, 11) is -3.69. The molecule has 0 saturated carbocycles. The van der Waals surface area contributed by atoms with Gasteiger partial charge in [0.2, 0.25) is 10.0 Å². The Morgan fingerprint density at radius 2 is 1.61 bits per heavy atom. The highest BCUT2D eigenvalue weighted by Gasteiger charge is 2.16. The number of carbonyl (C=O) groups is 1. The summed E-state index contributed by atoms with van der Waals surface area (Å²) in [5.41, 5.74) is 4.45. The zero-order valence-corrected chi connectivity index (χ0v) is 22.1. The standard InChI is InChI=1S/C30H29N3O4S/c1-3-33-27-12-8-7-11-25(27)26-18-23(13-15-28(26)33)32-30(34)20-37-29-16-14-24(17-21(29)2)38(35,36)31-19-22-9-5-4-6-10-22/h4-18,31H,3,19-20H2,1-2H3,(H,32,34). The fourth-order valence-corrected chi connectivity index (χ4v) is 5.72. The number of carbonyl (C=O) groups excluding carboxylic acids is 1. The van der Waals surface area contributed by atoms with Gasteiger partial charge >= 0.3 is 0 Å². The molecule has 1 heterocycles. The van der Waals surface area contributed by atoms with Crippen molar-refractivity contribution >= 4 is 43.4 Å². The van der Waals surface area contributed by atoms with Crippen molar-refractivity contribution in [2.75, 3.05) is 11.9 Å². The normalized spacial score (nSPS) is 11.6. The number of nitrogens with zero attached hydrogens (tertiary/aromatic N) is 1. The molecule has 0 atom stereocenters. The molecule has 7 nitrogen and oxygen atoms in total. The van der Waals surface area contributed by atoms with Gasteiger partial charge in [-0.1, -0.05) is 48.5 Å². The van der Waals surface area contributed by atoms with Crippen molar-refractivity contribution in [3.05, 3.63) is 102 Å². The first-order chi connectivity index (χ1) is 18.4. The van der Waals surface area contributed by atoms with Crippen LogP contribution in [0.5, 0.6) is 5.75 Å². The molecule has 0 fully saturated rings. The lowest BCUT2D eigenvalue weighted by molar-refractivity contribution is -0.118. The molecule has 0 bridgehead atoms. The lowest BCUT2D eigenvalue weighted by atomic mass is 10.1. The first kappa shape index (κ1) is 25.5. The van der Waals surface area contributed by atoms with Gasteiger partial charge < -0.3 is 14.6 Å². The van der Waals surface area contributed by atoms with Gasteiger partial charge in [0, 0.05) is 40.6 Å². The van der Waals surface area contributed by atoms with Crippen LogP contribution >= 0.6 is 0 Å². The molecule has 0 aliphatic carbocycles. The van der Waals surface area contributed by atoms with Crippen molar-refractivity contribution in [3.8, 4) is 5.75 Å². The van der Waals surface area contributed by atoms with Crippen LogP contribution in [0.2, 0.25) is 0 Å². The van der Waals surface area contributed by atoms with Crippen LogP contribution in [-0.2, 0) is 27.9 Å². The molecule has 8 heteroatoms. The van der Waals surface area contributed by atoms with E-state index in [1.165, 1.54) is 12.1 Å². The van der Waals surface area contributed by atoms with E-state index in [0.717, 1.165) is 33.9 Å². The number of hydrogen-bond acceptors (Lipinski definition) is 4. The van der Waals surface area contributed by atoms with Crippen LogP contribution in [0.15, 0.2) is 95.9 Å². The third-order valence-electron chi connectivity index (χ3n) is 6.50. The second kappa shape index (κ2) is 10.7. The molecular formula is C30H29N3O4S. The number of amides is 1. The average molecular weight is 528 g/mol. The van der Waals surface area contributed by atoms with Crippen molar-refractivity contribution in [2.24, 2.45) is 0 Å². The zero-order chi connectivity index (χ0) is 26.7. The third kappa shape index (κ3) is 5.27. The lowest BCUT2D eigenvalue weighted by Crippen LogP contribution is -2.23. The molecule has 1 aromatic heterocycles. The highest BCUT2D eigenvalue weighted by Crippen LogP contribution is 2.31. The number of anilines is 1. The zero-order valence-electron chi connectivity index (χ0n) is 21.3. The predicted octanol–water partition coefficient (Wildman–Crippen LogP) is 5.62. The third-order valence-corrected chi connectivity index (χ3v) is 7.90. The number of ether oxygens (including phenoxy) is 1. The molecule has 0 aliphatic heterocycles. The second-order valence-corrected chi connectivity index (χ2v) is 10.8. The largest absolute Gasteiger partial charge is 0.483 e. The van der Waals surface area contributed by atoms with Gasteiger partial charge in [0.25, 0.3) is 5.91 Å². The number of aromatic nitrogens is 1. The summed E-state index contributed by atoms with van der Waals surface area (Å²) in [5, 5.41) is 5.12. The summed E-state index contributed by atoms with van der Waals surface area (Å²) in [6.45, 7) is 4.72. The Morgan fingerprint density at radius 3 is 2.37 bits per heavy atom. The van der Waals surface area contributed by atoms with Crippen LogP contribution in [0.25, 0.3) is 21.8 Å². The van der Waals surface area contributed by atoms with Gasteiger partial charge in [-0.25, -0.2) is 13.1 Å².